The van der Waals surface area contributed by atoms with E-state index in [9.17, 15) is 28.2 Å². The summed E-state index contributed by atoms with van der Waals surface area (Å²) in [7, 11) is 0. The molecule has 7 nitrogen and oxygen atoms in total. The number of hydrogen-bond donors (Lipinski definition) is 3. The van der Waals surface area contributed by atoms with Crippen LogP contribution < -0.4 is 5.32 Å². The van der Waals surface area contributed by atoms with Crippen LogP contribution in [0, 0.1) is 11.8 Å². The first-order chi connectivity index (χ1) is 16.0. The third-order valence-electron chi connectivity index (χ3n) is 6.15. The fraction of sp³-hybridized carbons (Fsp3) is 0.391. The summed E-state index contributed by atoms with van der Waals surface area (Å²) in [4.78, 5) is 24.7. The Morgan fingerprint density at radius 3 is 2.53 bits per heavy atom. The molecule has 34 heavy (non-hydrogen) atoms. The van der Waals surface area contributed by atoms with E-state index in [0.717, 1.165) is 18.3 Å². The van der Waals surface area contributed by atoms with Crippen LogP contribution in [0.25, 0.3) is 10.6 Å². The lowest BCUT2D eigenvalue weighted by molar-refractivity contribution is -0.144. The van der Waals surface area contributed by atoms with E-state index in [1.807, 2.05) is 0 Å². The van der Waals surface area contributed by atoms with Crippen molar-refractivity contribution in [2.24, 2.45) is 11.8 Å². The second kappa shape index (κ2) is 9.30. The number of aliphatic carboxylic acids is 1. The minimum Gasteiger partial charge on any atom is -0.481 e. The van der Waals surface area contributed by atoms with Crippen molar-refractivity contribution in [2.75, 3.05) is 5.32 Å². The molecule has 0 spiro atoms. The Balaban J connectivity index is 1.50. The Kier molecular flexibility index (Phi) is 6.59. The fourth-order valence-electron chi connectivity index (χ4n) is 4.15. The highest BCUT2D eigenvalue weighted by molar-refractivity contribution is 7.15. The van der Waals surface area contributed by atoms with Crippen molar-refractivity contribution < 1.29 is 28.2 Å². The number of pyridine rings is 2. The van der Waals surface area contributed by atoms with Crippen LogP contribution in [0.2, 0.25) is 0 Å². The van der Waals surface area contributed by atoms with Crippen LogP contribution in [0.5, 0.6) is 0 Å². The molecule has 0 saturated heterocycles. The Labute approximate surface area is 197 Å². The molecule has 3 N–H and O–H groups in total. The monoisotopic (exact) mass is 492 g/mol. The Morgan fingerprint density at radius 1 is 1.12 bits per heavy atom. The lowest BCUT2D eigenvalue weighted by atomic mass is 9.74. The van der Waals surface area contributed by atoms with E-state index in [-0.39, 0.29) is 17.7 Å². The second-order valence-electron chi connectivity index (χ2n) is 8.52. The van der Waals surface area contributed by atoms with Crippen molar-refractivity contribution in [3.05, 3.63) is 53.3 Å². The molecule has 3 aromatic rings. The number of carboxylic acid groups (broad SMARTS) is 1. The van der Waals surface area contributed by atoms with Crippen molar-refractivity contribution in [2.45, 2.75) is 44.4 Å². The number of carbonyl (C=O) groups is 1. The van der Waals surface area contributed by atoms with E-state index in [2.05, 4.69) is 20.3 Å². The average Bonchev–Trinajstić information content (AvgIpc) is 3.30. The Hall–Kier alpha value is -3.05. The SMILES string of the molecule is C[C@](O)(c1ncc(-c2cccc(Nc3cc(C(F)(F)F)ccn3)n2)s1)[C@H]1CC[C@H](C(=O)O)CC1. The van der Waals surface area contributed by atoms with Crippen molar-refractivity contribution in [1.29, 1.82) is 0 Å². The van der Waals surface area contributed by atoms with Crippen LogP contribution in [0.4, 0.5) is 24.8 Å². The number of alkyl halides is 3. The summed E-state index contributed by atoms with van der Waals surface area (Å²) < 4.78 is 38.9. The summed E-state index contributed by atoms with van der Waals surface area (Å²) in [5.41, 5.74) is -1.47. The van der Waals surface area contributed by atoms with E-state index in [1.54, 1.807) is 31.3 Å². The van der Waals surface area contributed by atoms with Gasteiger partial charge in [0.25, 0.3) is 0 Å². The number of hydrogen-bond acceptors (Lipinski definition) is 7. The van der Waals surface area contributed by atoms with E-state index in [1.165, 1.54) is 11.3 Å². The summed E-state index contributed by atoms with van der Waals surface area (Å²) in [5, 5.41) is 23.7. The summed E-state index contributed by atoms with van der Waals surface area (Å²) in [5.74, 6) is -0.934. The van der Waals surface area contributed by atoms with Gasteiger partial charge in [-0.2, -0.15) is 13.2 Å². The topological polar surface area (TPSA) is 108 Å². The van der Waals surface area contributed by atoms with Gasteiger partial charge in [0.05, 0.1) is 22.1 Å². The largest absolute Gasteiger partial charge is 0.481 e. The van der Waals surface area contributed by atoms with Crippen LogP contribution in [-0.2, 0) is 16.6 Å². The minimum absolute atomic E-state index is 0.0179. The summed E-state index contributed by atoms with van der Waals surface area (Å²) >= 11 is 1.28. The molecule has 0 aromatic carbocycles. The average molecular weight is 493 g/mol. The second-order valence-corrected chi connectivity index (χ2v) is 9.56. The molecule has 1 fully saturated rings. The lowest BCUT2D eigenvalue weighted by Crippen LogP contribution is -2.35. The molecule has 3 aromatic heterocycles. The molecule has 1 atom stereocenters. The number of aromatic nitrogens is 3. The van der Waals surface area contributed by atoms with Crippen molar-refractivity contribution >= 4 is 28.9 Å². The van der Waals surface area contributed by atoms with Crippen molar-refractivity contribution in [1.82, 2.24) is 15.0 Å². The first-order valence-corrected chi connectivity index (χ1v) is 11.5. The highest BCUT2D eigenvalue weighted by Crippen LogP contribution is 2.43. The Morgan fingerprint density at radius 2 is 1.85 bits per heavy atom. The molecule has 1 aliphatic rings. The predicted octanol–water partition coefficient (Wildman–Crippen LogP) is 5.46. The quantitative estimate of drug-likeness (QED) is 0.419. The molecular weight excluding hydrogens is 469 g/mol. The first-order valence-electron chi connectivity index (χ1n) is 10.7. The predicted molar refractivity (Wildman–Crippen MR) is 121 cm³/mol. The fourth-order valence-corrected chi connectivity index (χ4v) is 5.16. The number of anilines is 2. The molecule has 1 aliphatic carbocycles. The smallest absolute Gasteiger partial charge is 0.416 e. The first kappa shape index (κ1) is 24.1. The van der Waals surface area contributed by atoms with Crippen LogP contribution >= 0.6 is 11.3 Å². The standard InChI is InChI=1S/C23H23F3N4O3S/c1-22(33,14-7-5-13(6-8-14)20(31)32)21-28-12-17(34-21)16-3-2-4-18(29-16)30-19-11-15(9-10-27-19)23(24,25)26/h2-4,9-14,33H,5-8H2,1H3,(H,31,32)(H,27,29,30)/t13-,14-,22-/m1/s1. The van der Waals surface area contributed by atoms with Gasteiger partial charge >= 0.3 is 12.1 Å². The molecule has 180 valence electrons. The number of thiazole rings is 1. The zero-order valence-corrected chi connectivity index (χ0v) is 19.0. The van der Waals surface area contributed by atoms with Crippen molar-refractivity contribution in [3.8, 4) is 10.6 Å². The van der Waals surface area contributed by atoms with E-state index >= 15 is 0 Å². The molecule has 0 bridgehead atoms. The van der Waals surface area contributed by atoms with Gasteiger partial charge in [-0.25, -0.2) is 15.0 Å². The maximum atomic E-state index is 13.0. The number of halogens is 3. The van der Waals surface area contributed by atoms with Gasteiger partial charge < -0.3 is 15.5 Å². The van der Waals surface area contributed by atoms with Crippen molar-refractivity contribution in [3.63, 3.8) is 0 Å². The van der Waals surface area contributed by atoms with E-state index < -0.39 is 23.3 Å². The highest BCUT2D eigenvalue weighted by atomic mass is 32.1. The van der Waals surface area contributed by atoms with E-state index in [4.69, 9.17) is 0 Å². The van der Waals surface area contributed by atoms with Crippen LogP contribution in [0.1, 0.15) is 43.2 Å². The van der Waals surface area contributed by atoms with Gasteiger partial charge in [0.1, 0.15) is 22.2 Å². The molecule has 0 amide bonds. The van der Waals surface area contributed by atoms with Crippen LogP contribution in [0.15, 0.2) is 42.7 Å². The number of rotatable bonds is 6. The number of nitrogens with zero attached hydrogens (tertiary/aromatic N) is 3. The zero-order valence-electron chi connectivity index (χ0n) is 18.2. The molecule has 4 rings (SSSR count). The molecule has 0 unspecified atom stereocenters. The summed E-state index contributed by atoms with van der Waals surface area (Å²) in [6.45, 7) is 1.70. The molecule has 3 heterocycles. The van der Waals surface area contributed by atoms with Crippen LogP contribution in [0.3, 0.4) is 0 Å². The molecule has 11 heteroatoms. The number of nitrogens with one attached hydrogen (secondary N) is 1. The maximum Gasteiger partial charge on any atom is 0.416 e. The van der Waals surface area contributed by atoms with Gasteiger partial charge in [-0.15, -0.1) is 11.3 Å². The molecule has 0 radical (unpaired) electrons. The summed E-state index contributed by atoms with van der Waals surface area (Å²) in [6, 6.07) is 6.88. The normalized spacial score (nSPS) is 20.5. The molecular formula is C23H23F3N4O3S. The van der Waals surface area contributed by atoms with E-state index in [0.29, 0.717) is 47.1 Å². The third-order valence-corrected chi connectivity index (χ3v) is 7.40. The highest BCUT2D eigenvalue weighted by Gasteiger charge is 2.40. The van der Waals surface area contributed by atoms with Gasteiger partial charge in [0.2, 0.25) is 0 Å². The third kappa shape index (κ3) is 5.20. The summed E-state index contributed by atoms with van der Waals surface area (Å²) in [6.07, 6.45) is 0.446. The minimum atomic E-state index is -4.47. The van der Waals surface area contributed by atoms with Gasteiger partial charge in [-0.3, -0.25) is 4.79 Å². The van der Waals surface area contributed by atoms with Crippen LogP contribution in [-0.4, -0.2) is 31.1 Å². The molecule has 1 saturated carbocycles. The van der Waals surface area contributed by atoms with Gasteiger partial charge in [-0.05, 0) is 62.8 Å². The zero-order chi connectivity index (χ0) is 24.5. The Bertz CT molecular complexity index is 1170. The van der Waals surface area contributed by atoms with Gasteiger partial charge in [0, 0.05) is 12.4 Å². The number of carboxylic acids is 1. The molecule has 0 aliphatic heterocycles. The maximum absolute atomic E-state index is 13.0. The van der Waals surface area contributed by atoms with Gasteiger partial charge in [-0.1, -0.05) is 6.07 Å². The van der Waals surface area contributed by atoms with Gasteiger partial charge in [0.15, 0.2) is 0 Å². The lowest BCUT2D eigenvalue weighted by Gasteiger charge is -2.35. The number of aliphatic hydroxyl groups is 1.